The van der Waals surface area contributed by atoms with E-state index in [4.69, 9.17) is 23.2 Å². The van der Waals surface area contributed by atoms with Gasteiger partial charge >= 0.3 is 0 Å². The summed E-state index contributed by atoms with van der Waals surface area (Å²) in [5.74, 6) is -0.353. The molecule has 3 rings (SSSR count). The Kier molecular flexibility index (Phi) is 10.5. The van der Waals surface area contributed by atoms with Crippen LogP contribution in [0.15, 0.2) is 54.6 Å². The fraction of sp³-hybridized carbons (Fsp3) is 0.345. The van der Waals surface area contributed by atoms with Crippen molar-refractivity contribution in [3.05, 3.63) is 92.5 Å². The zero-order valence-electron chi connectivity index (χ0n) is 22.9. The summed E-state index contributed by atoms with van der Waals surface area (Å²) in [5.41, 5.74) is 3.70. The van der Waals surface area contributed by atoms with Gasteiger partial charge in [0.15, 0.2) is 0 Å². The summed E-state index contributed by atoms with van der Waals surface area (Å²) >= 11 is 12.3. The average Bonchev–Trinajstić information content (AvgIpc) is 2.82. The molecule has 0 aliphatic rings. The van der Waals surface area contributed by atoms with Crippen LogP contribution < -0.4 is 15.4 Å². The number of nitrogens with one attached hydrogen (secondary N) is 3. The lowest BCUT2D eigenvalue weighted by atomic mass is 9.93. The smallest absolute Gasteiger partial charge is 0.229 e. The van der Waals surface area contributed by atoms with Crippen LogP contribution >= 0.6 is 23.2 Å². The number of halogens is 2. The summed E-state index contributed by atoms with van der Waals surface area (Å²) in [4.78, 5) is 12.6. The van der Waals surface area contributed by atoms with Crippen molar-refractivity contribution in [2.75, 3.05) is 17.5 Å². The number of aliphatic hydroxyl groups is 1. The molecule has 0 radical (unpaired) electrons. The number of β-amino-alcohol motifs (C(OH)–C–C–N with tert-alkyl or cyclic N) is 1. The van der Waals surface area contributed by atoms with Crippen LogP contribution in [0.2, 0.25) is 10.0 Å². The van der Waals surface area contributed by atoms with Crippen LogP contribution in [-0.2, 0) is 34.2 Å². The summed E-state index contributed by atoms with van der Waals surface area (Å²) in [6.45, 7) is 6.42. The van der Waals surface area contributed by atoms with Crippen LogP contribution in [0.4, 0.5) is 5.69 Å². The third-order valence-electron chi connectivity index (χ3n) is 6.32. The molecule has 0 saturated carbocycles. The number of hydrogen-bond donors (Lipinski definition) is 5. The average molecular weight is 609 g/mol. The molecule has 8 nitrogen and oxygen atoms in total. The van der Waals surface area contributed by atoms with E-state index in [0.717, 1.165) is 28.5 Å². The predicted molar refractivity (Wildman–Crippen MR) is 161 cm³/mol. The maximum absolute atomic E-state index is 12.6. The summed E-state index contributed by atoms with van der Waals surface area (Å²) in [6.07, 6.45) is 0.896. The van der Waals surface area contributed by atoms with Crippen LogP contribution in [0, 0.1) is 6.92 Å². The van der Waals surface area contributed by atoms with Gasteiger partial charge in [-0.05, 0) is 79.3 Å². The lowest BCUT2D eigenvalue weighted by molar-refractivity contribution is -0.120. The first-order valence-electron chi connectivity index (χ1n) is 12.6. The van der Waals surface area contributed by atoms with Gasteiger partial charge in [-0.15, -0.1) is 0 Å². The highest BCUT2D eigenvalue weighted by molar-refractivity contribution is 7.92. The van der Waals surface area contributed by atoms with Crippen molar-refractivity contribution in [1.29, 1.82) is 0 Å². The molecule has 0 aliphatic heterocycles. The number of rotatable bonds is 12. The van der Waals surface area contributed by atoms with Gasteiger partial charge in [0, 0.05) is 28.7 Å². The molecule has 3 aromatic carbocycles. The van der Waals surface area contributed by atoms with Crippen molar-refractivity contribution in [2.45, 2.75) is 51.8 Å². The second-order valence-electron chi connectivity index (χ2n) is 10.6. The van der Waals surface area contributed by atoms with E-state index in [0.29, 0.717) is 28.6 Å². The maximum Gasteiger partial charge on any atom is 0.229 e. The van der Waals surface area contributed by atoms with Gasteiger partial charge in [-0.2, -0.15) is 0 Å². The number of hydrogen-bond acceptors (Lipinski definition) is 6. The topological polar surface area (TPSA) is 128 Å². The molecule has 0 heterocycles. The molecule has 0 unspecified atom stereocenters. The Morgan fingerprint density at radius 2 is 1.75 bits per heavy atom. The van der Waals surface area contributed by atoms with E-state index in [1.807, 2.05) is 51.1 Å². The number of anilines is 1. The lowest BCUT2D eigenvalue weighted by Crippen LogP contribution is -2.43. The van der Waals surface area contributed by atoms with Crippen LogP contribution in [0.25, 0.3) is 0 Å². The molecular formula is C29H35Cl2N3O5S. The molecular weight excluding hydrogens is 573 g/mol. The van der Waals surface area contributed by atoms with Crippen molar-refractivity contribution < 1.29 is 23.4 Å². The fourth-order valence-corrected chi connectivity index (χ4v) is 5.57. The molecule has 216 valence electrons. The first-order valence-corrected chi connectivity index (χ1v) is 15.3. The van der Waals surface area contributed by atoms with Gasteiger partial charge in [0.25, 0.3) is 0 Å². The second kappa shape index (κ2) is 13.2. The highest BCUT2D eigenvalue weighted by atomic mass is 35.5. The van der Waals surface area contributed by atoms with Crippen molar-refractivity contribution >= 4 is 44.8 Å². The lowest BCUT2D eigenvalue weighted by Gasteiger charge is -2.28. The molecule has 0 aliphatic carbocycles. The molecule has 0 fully saturated rings. The molecule has 0 aromatic heterocycles. The SMILES string of the molecule is Cc1cc(Cl)cc(Cl)c1CNC(=O)Cc1cccc(CC(C)(C)NC[C@@H](O)c2ccc(O)c(NS(C)(=O)=O)c2)c1. The second-order valence-corrected chi connectivity index (χ2v) is 13.2. The standard InChI is InChI=1S/C29H35Cl2N3O5S/c1-18-10-22(30)14-24(31)23(18)16-32-28(37)12-19-6-5-7-20(11-19)15-29(2,3)33-17-27(36)21-8-9-26(35)25(13-21)34-40(4,38)39/h5-11,13-14,27,33-36H,12,15-17H2,1-4H3,(H,32,37)/t27-/m1/s1. The zero-order valence-corrected chi connectivity index (χ0v) is 25.2. The third-order valence-corrected chi connectivity index (χ3v) is 7.47. The Hall–Kier alpha value is -2.82. The Balaban J connectivity index is 1.57. The highest BCUT2D eigenvalue weighted by Gasteiger charge is 2.21. The predicted octanol–water partition coefficient (Wildman–Crippen LogP) is 4.88. The summed E-state index contributed by atoms with van der Waals surface area (Å²) in [7, 11) is -3.59. The van der Waals surface area contributed by atoms with E-state index in [-0.39, 0.29) is 30.3 Å². The van der Waals surface area contributed by atoms with Gasteiger partial charge in [-0.3, -0.25) is 9.52 Å². The van der Waals surface area contributed by atoms with E-state index in [2.05, 4.69) is 15.4 Å². The first-order chi connectivity index (χ1) is 18.6. The normalized spacial score (nSPS) is 12.7. The number of aryl methyl sites for hydroxylation is 1. The number of amides is 1. The van der Waals surface area contributed by atoms with E-state index in [1.165, 1.54) is 12.1 Å². The first kappa shape index (κ1) is 31.7. The minimum Gasteiger partial charge on any atom is -0.506 e. The largest absolute Gasteiger partial charge is 0.506 e. The number of benzene rings is 3. The minimum atomic E-state index is -3.59. The zero-order chi connectivity index (χ0) is 29.7. The third kappa shape index (κ3) is 9.67. The van der Waals surface area contributed by atoms with Crippen molar-refractivity contribution in [3.8, 4) is 5.75 Å². The number of phenols is 1. The monoisotopic (exact) mass is 607 g/mol. The summed E-state index contributed by atoms with van der Waals surface area (Å²) < 4.78 is 25.3. The molecule has 5 N–H and O–H groups in total. The van der Waals surface area contributed by atoms with Gasteiger partial charge in [0.1, 0.15) is 5.75 Å². The van der Waals surface area contributed by atoms with Gasteiger partial charge in [0.05, 0.1) is 24.5 Å². The Bertz CT molecular complexity index is 1460. The number of carbonyl (C=O) groups is 1. The van der Waals surface area contributed by atoms with E-state index in [9.17, 15) is 23.4 Å². The Morgan fingerprint density at radius 3 is 2.42 bits per heavy atom. The molecule has 1 atom stereocenters. The van der Waals surface area contributed by atoms with Gasteiger partial charge in [-0.25, -0.2) is 8.42 Å². The van der Waals surface area contributed by atoms with Crippen molar-refractivity contribution in [2.24, 2.45) is 0 Å². The molecule has 0 saturated heterocycles. The van der Waals surface area contributed by atoms with E-state index < -0.39 is 21.7 Å². The highest BCUT2D eigenvalue weighted by Crippen LogP contribution is 2.28. The van der Waals surface area contributed by atoms with Gasteiger partial charge in [-0.1, -0.05) is 53.5 Å². The van der Waals surface area contributed by atoms with Crippen LogP contribution in [0.5, 0.6) is 5.75 Å². The van der Waals surface area contributed by atoms with Crippen molar-refractivity contribution in [1.82, 2.24) is 10.6 Å². The van der Waals surface area contributed by atoms with Gasteiger partial charge < -0.3 is 20.8 Å². The molecule has 11 heteroatoms. The fourth-order valence-electron chi connectivity index (χ4n) is 4.35. The Morgan fingerprint density at radius 1 is 1.05 bits per heavy atom. The molecule has 1 amide bonds. The minimum absolute atomic E-state index is 0.00515. The van der Waals surface area contributed by atoms with Crippen LogP contribution in [0.1, 0.15) is 47.8 Å². The van der Waals surface area contributed by atoms with Crippen LogP contribution in [-0.4, -0.2) is 42.9 Å². The summed E-state index contributed by atoms with van der Waals surface area (Å²) in [5, 5.41) is 28.0. The number of sulfonamides is 1. The molecule has 0 bridgehead atoms. The van der Waals surface area contributed by atoms with E-state index in [1.54, 1.807) is 12.1 Å². The number of carbonyl (C=O) groups excluding carboxylic acids is 1. The van der Waals surface area contributed by atoms with Gasteiger partial charge in [0.2, 0.25) is 15.9 Å². The maximum atomic E-state index is 12.6. The van der Waals surface area contributed by atoms with Crippen LogP contribution in [0.3, 0.4) is 0 Å². The number of phenolic OH excluding ortho intramolecular Hbond substituents is 1. The molecule has 0 spiro atoms. The Labute approximate surface area is 245 Å². The molecule has 40 heavy (non-hydrogen) atoms. The van der Waals surface area contributed by atoms with E-state index >= 15 is 0 Å². The van der Waals surface area contributed by atoms with Crippen molar-refractivity contribution in [3.63, 3.8) is 0 Å². The quantitative estimate of drug-likeness (QED) is 0.187. The molecule has 3 aromatic rings. The number of aliphatic hydroxyl groups excluding tert-OH is 1. The number of aromatic hydroxyl groups is 1. The summed E-state index contributed by atoms with van der Waals surface area (Å²) in [6, 6.07) is 15.6.